The predicted octanol–water partition coefficient (Wildman–Crippen LogP) is 3.35. The quantitative estimate of drug-likeness (QED) is 0.510. The van der Waals surface area contributed by atoms with Gasteiger partial charge >= 0.3 is 0 Å². The maximum absolute atomic E-state index is 13.2. The molecule has 0 aliphatic carbocycles. The topological polar surface area (TPSA) is 67.2 Å². The van der Waals surface area contributed by atoms with E-state index in [0.29, 0.717) is 18.9 Å². The van der Waals surface area contributed by atoms with Crippen LogP contribution < -0.4 is 4.90 Å². The zero-order valence-electron chi connectivity index (χ0n) is 16.3. The van der Waals surface area contributed by atoms with Gasteiger partial charge in [0.2, 0.25) is 5.82 Å². The third-order valence-corrected chi connectivity index (χ3v) is 6.00. The van der Waals surface area contributed by atoms with Gasteiger partial charge in [-0.2, -0.15) is 0 Å². The van der Waals surface area contributed by atoms with Gasteiger partial charge in [-0.25, -0.2) is 9.67 Å². The molecule has 1 amide bonds. The van der Waals surface area contributed by atoms with E-state index in [1.54, 1.807) is 28.4 Å². The van der Waals surface area contributed by atoms with Crippen LogP contribution in [0.25, 0.3) is 16.4 Å². The van der Waals surface area contributed by atoms with Crippen molar-refractivity contribution >= 4 is 22.9 Å². The third-order valence-electron chi connectivity index (χ3n) is 5.14. The molecule has 1 aliphatic rings. The number of thiophene rings is 1. The molecular weight excluding hydrogens is 396 g/mol. The van der Waals surface area contributed by atoms with Crippen molar-refractivity contribution in [3.8, 4) is 16.4 Å². The van der Waals surface area contributed by atoms with Gasteiger partial charge in [0, 0.05) is 44.3 Å². The molecule has 1 fully saturated rings. The van der Waals surface area contributed by atoms with E-state index in [9.17, 15) is 4.79 Å². The van der Waals surface area contributed by atoms with Crippen LogP contribution in [-0.2, 0) is 0 Å². The maximum Gasteiger partial charge on any atom is 0.293 e. The van der Waals surface area contributed by atoms with Crippen LogP contribution in [0, 0.1) is 0 Å². The number of amides is 1. The number of carbonyl (C=O) groups is 1. The molecule has 0 bridgehead atoms. The fourth-order valence-corrected chi connectivity index (χ4v) is 4.28. The number of rotatable bonds is 4. The first-order chi connectivity index (χ1) is 14.8. The minimum atomic E-state index is -0.128. The Balaban J connectivity index is 1.39. The predicted molar refractivity (Wildman–Crippen MR) is 117 cm³/mol. The molecule has 0 unspecified atom stereocenters. The van der Waals surface area contributed by atoms with Crippen LogP contribution in [0.2, 0.25) is 0 Å². The van der Waals surface area contributed by atoms with E-state index in [1.807, 2.05) is 64.9 Å². The molecule has 4 heterocycles. The Morgan fingerprint density at radius 1 is 0.867 bits per heavy atom. The van der Waals surface area contributed by atoms with Gasteiger partial charge in [-0.05, 0) is 35.7 Å². The van der Waals surface area contributed by atoms with Crippen molar-refractivity contribution in [3.05, 3.63) is 78.2 Å². The van der Waals surface area contributed by atoms with Crippen molar-refractivity contribution < 1.29 is 4.79 Å². The highest BCUT2D eigenvalue weighted by Crippen LogP contribution is 2.26. The Bertz CT molecular complexity index is 1120. The first-order valence-corrected chi connectivity index (χ1v) is 10.7. The molecule has 0 atom stereocenters. The van der Waals surface area contributed by atoms with E-state index < -0.39 is 0 Å². The summed E-state index contributed by atoms with van der Waals surface area (Å²) in [6, 6.07) is 17.8. The van der Waals surface area contributed by atoms with Gasteiger partial charge in [0.05, 0.1) is 10.6 Å². The second kappa shape index (κ2) is 8.08. The smallest absolute Gasteiger partial charge is 0.293 e. The largest absolute Gasteiger partial charge is 0.368 e. The number of carbonyl (C=O) groups excluding carboxylic acids is 1. The second-order valence-electron chi connectivity index (χ2n) is 6.97. The molecule has 5 rings (SSSR count). The highest BCUT2D eigenvalue weighted by atomic mass is 32.1. The number of benzene rings is 1. The molecule has 1 aromatic carbocycles. The molecule has 0 saturated carbocycles. The molecule has 0 N–H and O–H groups in total. The van der Waals surface area contributed by atoms with Gasteiger partial charge in [-0.1, -0.05) is 24.3 Å². The van der Waals surface area contributed by atoms with Gasteiger partial charge in [-0.3, -0.25) is 9.78 Å². The summed E-state index contributed by atoms with van der Waals surface area (Å²) in [6.07, 6.45) is 3.58. The lowest BCUT2D eigenvalue weighted by molar-refractivity contribution is 0.0734. The summed E-state index contributed by atoms with van der Waals surface area (Å²) < 4.78 is 1.76. The van der Waals surface area contributed by atoms with Crippen LogP contribution in [0.4, 0.5) is 5.69 Å². The molecule has 4 aromatic rings. The van der Waals surface area contributed by atoms with Crippen LogP contribution in [-0.4, -0.2) is 56.7 Å². The van der Waals surface area contributed by atoms with Crippen molar-refractivity contribution in [1.29, 1.82) is 0 Å². The molecular formula is C22H20N6OS. The van der Waals surface area contributed by atoms with Crippen LogP contribution in [0.1, 0.15) is 10.6 Å². The summed E-state index contributed by atoms with van der Waals surface area (Å²) in [5.41, 5.74) is 2.01. The van der Waals surface area contributed by atoms with Gasteiger partial charge in [0.15, 0.2) is 5.82 Å². The third kappa shape index (κ3) is 3.57. The normalized spacial score (nSPS) is 14.1. The number of nitrogens with zero attached hydrogens (tertiary/aromatic N) is 6. The standard InChI is InChI=1S/C22H20N6OS/c29-22(27-14-12-26(13-15-27)17-8-10-23-11-9-17)20-24-21(19-7-4-16-30-19)28(25-20)18-5-2-1-3-6-18/h1-11,16H,12-15H2. The summed E-state index contributed by atoms with van der Waals surface area (Å²) in [4.78, 5) is 26.9. The van der Waals surface area contributed by atoms with Gasteiger partial charge in [-0.15, -0.1) is 16.4 Å². The van der Waals surface area contributed by atoms with Crippen molar-refractivity contribution in [1.82, 2.24) is 24.6 Å². The van der Waals surface area contributed by atoms with Crippen molar-refractivity contribution in [2.75, 3.05) is 31.1 Å². The molecule has 7 nitrogen and oxygen atoms in total. The number of hydrogen-bond acceptors (Lipinski definition) is 6. The Kier molecular flexibility index (Phi) is 4.98. The van der Waals surface area contributed by atoms with Crippen molar-refractivity contribution in [2.45, 2.75) is 0 Å². The zero-order chi connectivity index (χ0) is 20.3. The van der Waals surface area contributed by atoms with E-state index in [2.05, 4.69) is 20.0 Å². The molecule has 30 heavy (non-hydrogen) atoms. The van der Waals surface area contributed by atoms with E-state index >= 15 is 0 Å². The van der Waals surface area contributed by atoms with Crippen LogP contribution >= 0.6 is 11.3 Å². The molecule has 1 saturated heterocycles. The highest BCUT2D eigenvalue weighted by Gasteiger charge is 2.27. The van der Waals surface area contributed by atoms with Crippen molar-refractivity contribution in [2.24, 2.45) is 0 Å². The molecule has 8 heteroatoms. The van der Waals surface area contributed by atoms with Gasteiger partial charge < -0.3 is 9.80 Å². The van der Waals surface area contributed by atoms with Gasteiger partial charge in [0.25, 0.3) is 5.91 Å². The molecule has 3 aromatic heterocycles. The monoisotopic (exact) mass is 416 g/mol. The number of hydrogen-bond donors (Lipinski definition) is 0. The van der Waals surface area contributed by atoms with Crippen molar-refractivity contribution in [3.63, 3.8) is 0 Å². The Morgan fingerprint density at radius 2 is 1.63 bits per heavy atom. The summed E-state index contributed by atoms with van der Waals surface area (Å²) >= 11 is 1.58. The number of anilines is 1. The Hall–Kier alpha value is -3.52. The van der Waals surface area contributed by atoms with E-state index in [1.165, 1.54) is 0 Å². The highest BCUT2D eigenvalue weighted by molar-refractivity contribution is 7.13. The summed E-state index contributed by atoms with van der Waals surface area (Å²) in [7, 11) is 0. The van der Waals surface area contributed by atoms with Crippen LogP contribution in [0.3, 0.4) is 0 Å². The first-order valence-electron chi connectivity index (χ1n) is 9.80. The second-order valence-corrected chi connectivity index (χ2v) is 7.92. The summed E-state index contributed by atoms with van der Waals surface area (Å²) in [5.74, 6) is 0.798. The Morgan fingerprint density at radius 3 is 2.33 bits per heavy atom. The molecule has 0 spiro atoms. The lowest BCUT2D eigenvalue weighted by Gasteiger charge is -2.35. The lowest BCUT2D eigenvalue weighted by Crippen LogP contribution is -2.49. The molecule has 1 aliphatic heterocycles. The number of piperazine rings is 1. The van der Waals surface area contributed by atoms with Crippen LogP contribution in [0.5, 0.6) is 0 Å². The summed E-state index contributed by atoms with van der Waals surface area (Å²) in [5, 5.41) is 6.59. The van der Waals surface area contributed by atoms with E-state index in [-0.39, 0.29) is 11.7 Å². The minimum absolute atomic E-state index is 0.128. The molecule has 0 radical (unpaired) electrons. The molecule has 150 valence electrons. The average molecular weight is 417 g/mol. The fraction of sp³-hybridized carbons (Fsp3) is 0.182. The number of para-hydroxylation sites is 1. The maximum atomic E-state index is 13.2. The lowest BCUT2D eigenvalue weighted by atomic mass is 10.2. The number of aromatic nitrogens is 4. The first kappa shape index (κ1) is 18.5. The van der Waals surface area contributed by atoms with Gasteiger partial charge in [0.1, 0.15) is 0 Å². The SMILES string of the molecule is O=C(c1nc(-c2cccs2)n(-c2ccccc2)n1)N1CCN(c2ccncc2)CC1. The Labute approximate surface area is 178 Å². The minimum Gasteiger partial charge on any atom is -0.368 e. The van der Waals surface area contributed by atoms with E-state index in [4.69, 9.17) is 0 Å². The zero-order valence-corrected chi connectivity index (χ0v) is 17.1. The average Bonchev–Trinajstić information content (AvgIpc) is 3.50. The van der Waals surface area contributed by atoms with Crippen LogP contribution in [0.15, 0.2) is 72.4 Å². The number of pyridine rings is 1. The fourth-order valence-electron chi connectivity index (χ4n) is 3.58. The van der Waals surface area contributed by atoms with E-state index in [0.717, 1.165) is 29.3 Å². The summed E-state index contributed by atoms with van der Waals surface area (Å²) in [6.45, 7) is 2.81.